The van der Waals surface area contributed by atoms with Gasteiger partial charge in [-0.1, -0.05) is 59.6 Å². The number of fused-ring (bicyclic) bond motifs is 1. The lowest BCUT2D eigenvalue weighted by atomic mass is 9.75. The maximum Gasteiger partial charge on any atom is 0.495 e. The summed E-state index contributed by atoms with van der Waals surface area (Å²) in [4.78, 5) is 0. The molecular weight excluding hydrogens is 414 g/mol. The van der Waals surface area contributed by atoms with E-state index in [0.29, 0.717) is 16.6 Å². The maximum absolute atomic E-state index is 14.6. The van der Waals surface area contributed by atoms with Gasteiger partial charge in [0, 0.05) is 5.56 Å². The molecule has 0 unspecified atom stereocenters. The Labute approximate surface area is 195 Å². The molecule has 5 heteroatoms. The zero-order chi connectivity index (χ0) is 24.1. The van der Waals surface area contributed by atoms with Gasteiger partial charge in [-0.05, 0) is 78.8 Å². The van der Waals surface area contributed by atoms with Gasteiger partial charge >= 0.3 is 7.12 Å². The molecule has 1 saturated heterocycles. The third-order valence-electron chi connectivity index (χ3n) is 7.76. The smallest absolute Gasteiger partial charge is 0.399 e. The molecule has 0 spiro atoms. The summed E-state index contributed by atoms with van der Waals surface area (Å²) < 4.78 is 27.2. The molecule has 172 valence electrons. The number of hydrogen-bond acceptors (Lipinski definition) is 2. The highest BCUT2D eigenvalue weighted by molar-refractivity contribution is 6.90. The average molecular weight is 452 g/mol. The van der Waals surface area contributed by atoms with Gasteiger partial charge in [0.05, 0.1) is 11.2 Å². The van der Waals surface area contributed by atoms with Crippen molar-refractivity contribution < 1.29 is 13.7 Å². The van der Waals surface area contributed by atoms with Crippen LogP contribution in [0.2, 0.25) is 16.6 Å². The topological polar surface area (TPSA) is 18.5 Å². The second-order valence-electron chi connectivity index (χ2n) is 11.1. The molecule has 0 bridgehead atoms. The summed E-state index contributed by atoms with van der Waals surface area (Å²) in [6.45, 7) is 22.0. The van der Waals surface area contributed by atoms with Crippen LogP contribution in [0.15, 0.2) is 30.3 Å². The first-order valence-electron chi connectivity index (χ1n) is 11.8. The number of rotatable bonds is 4. The van der Waals surface area contributed by atoms with E-state index in [2.05, 4.69) is 53.0 Å². The molecule has 1 heterocycles. The lowest BCUT2D eigenvalue weighted by molar-refractivity contribution is 0.00578. The average Bonchev–Trinajstić information content (AvgIpc) is 2.87. The zero-order valence-corrected chi connectivity index (χ0v) is 22.4. The van der Waals surface area contributed by atoms with Crippen LogP contribution < -0.4 is 5.46 Å². The first kappa shape index (κ1) is 25.0. The number of hydrogen-bond donors (Lipinski definition) is 0. The van der Waals surface area contributed by atoms with E-state index in [4.69, 9.17) is 9.31 Å². The summed E-state index contributed by atoms with van der Waals surface area (Å²) in [5.74, 6) is 3.29. The van der Waals surface area contributed by atoms with Crippen molar-refractivity contribution in [1.29, 1.82) is 0 Å². The van der Waals surface area contributed by atoms with Gasteiger partial charge in [0.25, 0.3) is 0 Å². The van der Waals surface area contributed by atoms with E-state index in [1.807, 2.05) is 45.9 Å². The Hall–Kier alpha value is -1.61. The summed E-state index contributed by atoms with van der Waals surface area (Å²) in [5, 5.41) is 1.76. The van der Waals surface area contributed by atoms with Crippen molar-refractivity contribution in [1.82, 2.24) is 0 Å². The number of benzene rings is 2. The van der Waals surface area contributed by atoms with E-state index < -0.39 is 26.4 Å². The second-order valence-corrected chi connectivity index (χ2v) is 16.7. The fourth-order valence-electron chi connectivity index (χ4n) is 5.29. The van der Waals surface area contributed by atoms with Crippen LogP contribution >= 0.6 is 0 Å². The molecule has 0 saturated carbocycles. The highest BCUT2D eigenvalue weighted by Crippen LogP contribution is 2.41. The molecule has 1 aliphatic rings. The molecule has 0 radical (unpaired) electrons. The van der Waals surface area contributed by atoms with Gasteiger partial charge in [-0.3, -0.25) is 0 Å². The number of halogens is 1. The summed E-state index contributed by atoms with van der Waals surface area (Å²) in [5.41, 5.74) is 6.11. The molecule has 2 nitrogen and oxygen atoms in total. The zero-order valence-electron chi connectivity index (χ0n) is 21.4. The second kappa shape index (κ2) is 8.63. The van der Waals surface area contributed by atoms with Crippen molar-refractivity contribution in [3.63, 3.8) is 0 Å². The van der Waals surface area contributed by atoms with Crippen molar-refractivity contribution in [2.45, 2.75) is 97.1 Å². The molecule has 1 fully saturated rings. The Morgan fingerprint density at radius 2 is 1.41 bits per heavy atom. The lowest BCUT2D eigenvalue weighted by Crippen LogP contribution is -2.43. The predicted octanol–water partition coefficient (Wildman–Crippen LogP) is 6.85. The molecule has 0 atom stereocenters. The third-order valence-corrected chi connectivity index (χ3v) is 14.0. The minimum absolute atomic E-state index is 0.289. The fraction of sp³-hybridized carbons (Fsp3) is 0.556. The lowest BCUT2D eigenvalue weighted by Gasteiger charge is -2.38. The molecular formula is C27H38BFO2Si. The molecule has 3 rings (SSSR count). The monoisotopic (exact) mass is 452 g/mol. The van der Waals surface area contributed by atoms with E-state index in [0.717, 1.165) is 21.8 Å². The Morgan fingerprint density at radius 3 is 1.91 bits per heavy atom. The van der Waals surface area contributed by atoms with Gasteiger partial charge in [-0.2, -0.15) is 0 Å². The van der Waals surface area contributed by atoms with Crippen LogP contribution in [0.1, 0.15) is 74.8 Å². The minimum atomic E-state index is -1.90. The van der Waals surface area contributed by atoms with Crippen LogP contribution in [0, 0.1) is 17.3 Å². The van der Waals surface area contributed by atoms with Crippen molar-refractivity contribution in [2.24, 2.45) is 0 Å². The Kier molecular flexibility index (Phi) is 6.75. The molecule has 0 N–H and O–H groups in total. The van der Waals surface area contributed by atoms with Crippen LogP contribution in [0.3, 0.4) is 0 Å². The van der Waals surface area contributed by atoms with E-state index in [1.54, 1.807) is 12.1 Å². The van der Waals surface area contributed by atoms with Crippen LogP contribution in [0.5, 0.6) is 0 Å². The predicted molar refractivity (Wildman–Crippen MR) is 138 cm³/mol. The third kappa shape index (κ3) is 4.18. The van der Waals surface area contributed by atoms with Crippen LogP contribution in [0.25, 0.3) is 10.8 Å². The van der Waals surface area contributed by atoms with Gasteiger partial charge in [0.15, 0.2) is 0 Å². The summed E-state index contributed by atoms with van der Waals surface area (Å²) in [6.07, 6.45) is 0. The van der Waals surface area contributed by atoms with Crippen molar-refractivity contribution in [2.75, 3.05) is 0 Å². The molecule has 1 aliphatic heterocycles. The van der Waals surface area contributed by atoms with Crippen molar-refractivity contribution in [3.8, 4) is 11.5 Å². The van der Waals surface area contributed by atoms with E-state index in [1.165, 1.54) is 0 Å². The Balaban J connectivity index is 2.23. The fourth-order valence-corrected chi connectivity index (χ4v) is 10.5. The first-order valence-corrected chi connectivity index (χ1v) is 14.1. The van der Waals surface area contributed by atoms with Crippen LogP contribution in [0.4, 0.5) is 4.39 Å². The maximum atomic E-state index is 14.6. The molecule has 0 amide bonds. The SMILES string of the molecule is CC(C)[Si](C#Cc1cccc2cc(F)cc(B3OC(C)(C)C(C)(C)O3)c12)(C(C)C)C(C)C. The summed E-state index contributed by atoms with van der Waals surface area (Å²) in [7, 11) is -2.54. The molecule has 2 aromatic carbocycles. The summed E-state index contributed by atoms with van der Waals surface area (Å²) >= 11 is 0. The normalized spacial score (nSPS) is 18.0. The van der Waals surface area contributed by atoms with Crippen LogP contribution in [-0.2, 0) is 9.31 Å². The largest absolute Gasteiger partial charge is 0.495 e. The van der Waals surface area contributed by atoms with Crippen molar-refractivity contribution >= 4 is 31.4 Å². The van der Waals surface area contributed by atoms with Gasteiger partial charge in [-0.25, -0.2) is 4.39 Å². The Bertz CT molecular complexity index is 1020. The van der Waals surface area contributed by atoms with Gasteiger partial charge in [-0.15, -0.1) is 5.54 Å². The quantitative estimate of drug-likeness (QED) is 0.373. The van der Waals surface area contributed by atoms with Crippen molar-refractivity contribution in [3.05, 3.63) is 41.7 Å². The standard InChI is InChI=1S/C27H38BFO2Si/c1-18(2)32(19(3)4,20(5)6)15-14-21-12-11-13-22-16-23(29)17-24(25(21)22)28-30-26(7,8)27(9,10)31-28/h11-13,16-20H,1-10H3. The molecule has 0 aliphatic carbocycles. The molecule has 32 heavy (non-hydrogen) atoms. The minimum Gasteiger partial charge on any atom is -0.399 e. The van der Waals surface area contributed by atoms with Crippen LogP contribution in [-0.4, -0.2) is 26.4 Å². The highest BCUT2D eigenvalue weighted by Gasteiger charge is 2.52. The Morgan fingerprint density at radius 1 is 0.875 bits per heavy atom. The summed E-state index contributed by atoms with van der Waals surface area (Å²) in [6, 6.07) is 9.07. The van der Waals surface area contributed by atoms with E-state index in [9.17, 15) is 4.39 Å². The first-order chi connectivity index (χ1) is 14.7. The highest BCUT2D eigenvalue weighted by atomic mass is 28.3. The van der Waals surface area contributed by atoms with E-state index in [-0.39, 0.29) is 5.82 Å². The van der Waals surface area contributed by atoms with Gasteiger partial charge in [0.2, 0.25) is 0 Å². The molecule has 2 aromatic rings. The van der Waals surface area contributed by atoms with Gasteiger partial charge < -0.3 is 9.31 Å². The molecule has 0 aromatic heterocycles. The van der Waals surface area contributed by atoms with E-state index >= 15 is 0 Å². The van der Waals surface area contributed by atoms with Gasteiger partial charge in [0.1, 0.15) is 13.9 Å².